The molecule has 0 radical (unpaired) electrons. The fourth-order valence-electron chi connectivity index (χ4n) is 2.81. The Balaban J connectivity index is 1.48. The third-order valence-corrected chi connectivity index (χ3v) is 4.36. The Morgan fingerprint density at radius 3 is 1.73 bits per heavy atom. The van der Waals surface area contributed by atoms with Crippen molar-refractivity contribution in [3.8, 4) is 17.4 Å². The molecule has 0 aliphatic carbocycles. The van der Waals surface area contributed by atoms with Crippen molar-refractivity contribution in [2.75, 3.05) is 0 Å². The highest BCUT2D eigenvalue weighted by Gasteiger charge is 2.12. The molecule has 0 aliphatic heterocycles. The van der Waals surface area contributed by atoms with Gasteiger partial charge in [0, 0.05) is 6.07 Å². The van der Waals surface area contributed by atoms with Crippen LogP contribution >= 0.6 is 0 Å². The summed E-state index contributed by atoms with van der Waals surface area (Å²) in [5, 5.41) is 8.48. The highest BCUT2D eigenvalue weighted by atomic mass is 16.5. The largest absolute Gasteiger partial charge is 0.487 e. The first-order valence-electron chi connectivity index (χ1n) is 9.75. The SMILES string of the molecule is c1ccc(COc2cc(COc3ccccc3)nnc2OCc2ccccc2)cc1. The van der Waals surface area contributed by atoms with Gasteiger partial charge in [0.1, 0.15) is 31.3 Å². The maximum atomic E-state index is 6.02. The fraction of sp³-hybridized carbons (Fsp3) is 0.120. The minimum Gasteiger partial charge on any atom is -0.487 e. The first-order valence-corrected chi connectivity index (χ1v) is 9.75. The van der Waals surface area contributed by atoms with Crippen LogP contribution in [0.1, 0.15) is 16.8 Å². The van der Waals surface area contributed by atoms with Gasteiger partial charge in [0.15, 0.2) is 5.75 Å². The molecule has 4 aromatic rings. The second-order valence-electron chi connectivity index (χ2n) is 6.66. The van der Waals surface area contributed by atoms with Gasteiger partial charge < -0.3 is 14.2 Å². The first kappa shape index (κ1) is 19.5. The topological polar surface area (TPSA) is 53.5 Å². The summed E-state index contributed by atoms with van der Waals surface area (Å²) in [7, 11) is 0. The van der Waals surface area contributed by atoms with E-state index in [1.165, 1.54) is 0 Å². The molecule has 5 nitrogen and oxygen atoms in total. The minimum absolute atomic E-state index is 0.289. The van der Waals surface area contributed by atoms with Crippen LogP contribution < -0.4 is 14.2 Å². The van der Waals surface area contributed by atoms with Gasteiger partial charge in [-0.2, -0.15) is 0 Å². The lowest BCUT2D eigenvalue weighted by molar-refractivity contribution is 0.240. The third-order valence-electron chi connectivity index (χ3n) is 4.36. The van der Waals surface area contributed by atoms with Crippen LogP contribution in [0.5, 0.6) is 17.4 Å². The summed E-state index contributed by atoms with van der Waals surface area (Å²) in [5.74, 6) is 1.67. The summed E-state index contributed by atoms with van der Waals surface area (Å²) < 4.78 is 17.7. The van der Waals surface area contributed by atoms with E-state index in [-0.39, 0.29) is 6.61 Å². The van der Waals surface area contributed by atoms with Crippen molar-refractivity contribution in [2.24, 2.45) is 0 Å². The standard InChI is InChI=1S/C25H22N2O3/c1-4-10-20(11-5-1)17-29-24-16-22(19-28-23-14-8-3-9-15-23)26-27-25(24)30-18-21-12-6-2-7-13-21/h1-16H,17-19H2. The van der Waals surface area contributed by atoms with Crippen molar-refractivity contribution < 1.29 is 14.2 Å². The number of benzene rings is 3. The molecule has 0 spiro atoms. The lowest BCUT2D eigenvalue weighted by Gasteiger charge is -2.13. The zero-order chi connectivity index (χ0) is 20.4. The molecule has 0 unspecified atom stereocenters. The van der Waals surface area contributed by atoms with E-state index < -0.39 is 0 Å². The minimum atomic E-state index is 0.289. The molecule has 0 saturated heterocycles. The molecule has 0 amide bonds. The van der Waals surface area contributed by atoms with Crippen molar-refractivity contribution in [3.05, 3.63) is 114 Å². The fourth-order valence-corrected chi connectivity index (χ4v) is 2.81. The summed E-state index contributed by atoms with van der Waals surface area (Å²) >= 11 is 0. The van der Waals surface area contributed by atoms with Crippen LogP contribution in [0.3, 0.4) is 0 Å². The van der Waals surface area contributed by atoms with Gasteiger partial charge in [0.25, 0.3) is 5.88 Å². The Hall–Kier alpha value is -3.86. The number of para-hydroxylation sites is 1. The second-order valence-corrected chi connectivity index (χ2v) is 6.66. The van der Waals surface area contributed by atoms with Crippen LogP contribution in [0.4, 0.5) is 0 Å². The zero-order valence-corrected chi connectivity index (χ0v) is 16.5. The number of aromatic nitrogens is 2. The predicted octanol–water partition coefficient (Wildman–Crippen LogP) is 5.21. The molecule has 150 valence electrons. The van der Waals surface area contributed by atoms with Crippen LogP contribution in [-0.4, -0.2) is 10.2 Å². The van der Waals surface area contributed by atoms with Crippen molar-refractivity contribution >= 4 is 0 Å². The maximum Gasteiger partial charge on any atom is 0.276 e. The quantitative estimate of drug-likeness (QED) is 0.387. The summed E-state index contributed by atoms with van der Waals surface area (Å²) in [6.07, 6.45) is 0. The normalized spacial score (nSPS) is 10.4. The molecular weight excluding hydrogens is 376 g/mol. The van der Waals surface area contributed by atoms with Gasteiger partial charge >= 0.3 is 0 Å². The van der Waals surface area contributed by atoms with E-state index in [9.17, 15) is 0 Å². The molecule has 4 rings (SSSR count). The van der Waals surface area contributed by atoms with Crippen LogP contribution in [0, 0.1) is 0 Å². The Morgan fingerprint density at radius 1 is 0.533 bits per heavy atom. The highest BCUT2D eigenvalue weighted by Crippen LogP contribution is 2.27. The molecule has 1 heterocycles. The Kier molecular flexibility index (Phi) is 6.53. The lowest BCUT2D eigenvalue weighted by Crippen LogP contribution is -2.06. The Bertz CT molecular complexity index is 1040. The molecule has 0 N–H and O–H groups in total. The summed E-state index contributed by atoms with van der Waals surface area (Å²) in [5.41, 5.74) is 2.77. The number of nitrogens with zero attached hydrogens (tertiary/aromatic N) is 2. The van der Waals surface area contributed by atoms with E-state index in [0.29, 0.717) is 30.5 Å². The van der Waals surface area contributed by atoms with E-state index in [1.807, 2.05) is 97.1 Å². The van der Waals surface area contributed by atoms with Gasteiger partial charge in [-0.25, -0.2) is 0 Å². The smallest absolute Gasteiger partial charge is 0.276 e. The summed E-state index contributed by atoms with van der Waals surface area (Å²) in [6, 6.07) is 31.3. The molecule has 0 saturated carbocycles. The lowest BCUT2D eigenvalue weighted by atomic mass is 10.2. The van der Waals surface area contributed by atoms with E-state index in [0.717, 1.165) is 16.9 Å². The molecular formula is C25H22N2O3. The maximum absolute atomic E-state index is 6.02. The summed E-state index contributed by atoms with van der Waals surface area (Å²) in [6.45, 7) is 1.09. The molecule has 5 heteroatoms. The van der Waals surface area contributed by atoms with Gasteiger partial charge in [-0.05, 0) is 23.3 Å². The average Bonchev–Trinajstić information content (AvgIpc) is 2.82. The average molecular weight is 398 g/mol. The monoisotopic (exact) mass is 398 g/mol. The van der Waals surface area contributed by atoms with Crippen LogP contribution in [-0.2, 0) is 19.8 Å². The molecule has 30 heavy (non-hydrogen) atoms. The van der Waals surface area contributed by atoms with Crippen molar-refractivity contribution in [1.29, 1.82) is 0 Å². The first-order chi connectivity index (χ1) is 14.9. The third kappa shape index (κ3) is 5.58. The number of hydrogen-bond acceptors (Lipinski definition) is 5. The van der Waals surface area contributed by atoms with Gasteiger partial charge in [0.2, 0.25) is 0 Å². The van der Waals surface area contributed by atoms with Crippen LogP contribution in [0.25, 0.3) is 0 Å². The van der Waals surface area contributed by atoms with Crippen molar-refractivity contribution in [3.63, 3.8) is 0 Å². The van der Waals surface area contributed by atoms with Gasteiger partial charge in [-0.1, -0.05) is 78.9 Å². The predicted molar refractivity (Wildman–Crippen MR) is 114 cm³/mol. The number of rotatable bonds is 9. The van der Waals surface area contributed by atoms with Crippen LogP contribution in [0.2, 0.25) is 0 Å². The van der Waals surface area contributed by atoms with Gasteiger partial charge in [-0.15, -0.1) is 10.2 Å². The molecule has 3 aromatic carbocycles. The highest BCUT2D eigenvalue weighted by molar-refractivity contribution is 5.34. The van der Waals surface area contributed by atoms with Crippen molar-refractivity contribution in [2.45, 2.75) is 19.8 Å². The van der Waals surface area contributed by atoms with Gasteiger partial charge in [-0.3, -0.25) is 0 Å². The van der Waals surface area contributed by atoms with Crippen molar-refractivity contribution in [1.82, 2.24) is 10.2 Å². The molecule has 0 aliphatic rings. The summed E-state index contributed by atoms with van der Waals surface area (Å²) in [4.78, 5) is 0. The van der Waals surface area contributed by atoms with E-state index in [2.05, 4.69) is 10.2 Å². The van der Waals surface area contributed by atoms with Gasteiger partial charge in [0.05, 0.1) is 0 Å². The zero-order valence-electron chi connectivity index (χ0n) is 16.5. The molecule has 0 bridgehead atoms. The van der Waals surface area contributed by atoms with Crippen LogP contribution in [0.15, 0.2) is 97.1 Å². The Morgan fingerprint density at radius 2 is 1.10 bits per heavy atom. The number of ether oxygens (including phenoxy) is 3. The Labute approximate surface area is 175 Å². The van der Waals surface area contributed by atoms with E-state index >= 15 is 0 Å². The molecule has 0 fully saturated rings. The second kappa shape index (κ2) is 10.1. The van der Waals surface area contributed by atoms with E-state index in [4.69, 9.17) is 14.2 Å². The van der Waals surface area contributed by atoms with E-state index in [1.54, 1.807) is 0 Å². The molecule has 1 aromatic heterocycles. The molecule has 0 atom stereocenters. The number of hydrogen-bond donors (Lipinski definition) is 0.